The molecule has 108 valence electrons. The van der Waals surface area contributed by atoms with Crippen molar-refractivity contribution < 1.29 is 14.3 Å². The minimum atomic E-state index is -0.761. The molecule has 0 spiro atoms. The van der Waals surface area contributed by atoms with Crippen LogP contribution in [0.5, 0.6) is 0 Å². The van der Waals surface area contributed by atoms with E-state index in [0.717, 1.165) is 12.0 Å². The number of carbonyl (C=O) groups is 1. The number of aliphatic carboxylic acids is 1. The average Bonchev–Trinajstić information content (AvgIpc) is 3.27. The summed E-state index contributed by atoms with van der Waals surface area (Å²) >= 11 is 0. The molecule has 0 heterocycles. The molecule has 2 aromatic carbocycles. The lowest BCUT2D eigenvalue weighted by Gasteiger charge is -2.12. The maximum Gasteiger partial charge on any atom is 0.307 e. The van der Waals surface area contributed by atoms with Crippen LogP contribution in [-0.2, 0) is 11.2 Å². The first-order valence-electron chi connectivity index (χ1n) is 7.17. The van der Waals surface area contributed by atoms with Gasteiger partial charge in [0.15, 0.2) is 0 Å². The Labute approximate surface area is 123 Å². The third kappa shape index (κ3) is 3.13. The van der Waals surface area contributed by atoms with Gasteiger partial charge in [0.1, 0.15) is 5.82 Å². The molecule has 1 aliphatic carbocycles. The summed E-state index contributed by atoms with van der Waals surface area (Å²) in [7, 11) is 0. The quantitative estimate of drug-likeness (QED) is 0.905. The molecule has 0 amide bonds. The number of carboxylic acid groups (broad SMARTS) is 1. The smallest absolute Gasteiger partial charge is 0.307 e. The molecule has 21 heavy (non-hydrogen) atoms. The Morgan fingerprint density at radius 2 is 1.81 bits per heavy atom. The van der Waals surface area contributed by atoms with Crippen LogP contribution in [0.3, 0.4) is 0 Å². The first kappa shape index (κ1) is 13.8. The second-order valence-corrected chi connectivity index (χ2v) is 5.69. The minimum absolute atomic E-state index is 0.176. The molecular formula is C18H17FO2. The number of benzene rings is 2. The molecule has 0 saturated heterocycles. The van der Waals surface area contributed by atoms with Gasteiger partial charge < -0.3 is 5.11 Å². The molecule has 1 fully saturated rings. The number of hydrogen-bond donors (Lipinski definition) is 1. The van der Waals surface area contributed by atoms with E-state index in [0.29, 0.717) is 12.3 Å². The normalized spacial score (nSPS) is 21.8. The topological polar surface area (TPSA) is 37.3 Å². The molecule has 0 bridgehead atoms. The zero-order chi connectivity index (χ0) is 14.8. The molecule has 1 aliphatic rings. The summed E-state index contributed by atoms with van der Waals surface area (Å²) in [6.07, 6.45) is 1.38. The monoisotopic (exact) mass is 284 g/mol. The highest BCUT2D eigenvalue weighted by atomic mass is 19.1. The van der Waals surface area contributed by atoms with Gasteiger partial charge in [-0.2, -0.15) is 0 Å². The van der Waals surface area contributed by atoms with Crippen molar-refractivity contribution in [3.05, 3.63) is 71.5 Å². The van der Waals surface area contributed by atoms with Gasteiger partial charge in [0.25, 0.3) is 0 Å². The molecule has 0 aromatic heterocycles. The van der Waals surface area contributed by atoms with Crippen molar-refractivity contribution in [1.29, 1.82) is 0 Å². The third-order valence-corrected chi connectivity index (χ3v) is 4.27. The van der Waals surface area contributed by atoms with Crippen LogP contribution < -0.4 is 0 Å². The maximum absolute atomic E-state index is 12.9. The Kier molecular flexibility index (Phi) is 3.74. The zero-order valence-electron chi connectivity index (χ0n) is 11.6. The van der Waals surface area contributed by atoms with Crippen LogP contribution in [0.15, 0.2) is 54.6 Å². The van der Waals surface area contributed by atoms with E-state index in [-0.39, 0.29) is 11.7 Å². The molecule has 3 unspecified atom stereocenters. The van der Waals surface area contributed by atoms with Gasteiger partial charge in [0, 0.05) is 0 Å². The van der Waals surface area contributed by atoms with Gasteiger partial charge in [-0.1, -0.05) is 42.5 Å². The SMILES string of the molecule is O=C(O)C(Cc1ccc(F)cc1)C1CC1c1ccccc1. The Hall–Kier alpha value is -2.16. The Bertz CT molecular complexity index is 621. The van der Waals surface area contributed by atoms with Crippen LogP contribution in [0.4, 0.5) is 4.39 Å². The summed E-state index contributed by atoms with van der Waals surface area (Å²) in [4.78, 5) is 11.6. The van der Waals surface area contributed by atoms with Gasteiger partial charge >= 0.3 is 5.97 Å². The largest absolute Gasteiger partial charge is 0.481 e. The van der Waals surface area contributed by atoms with E-state index in [2.05, 4.69) is 12.1 Å². The number of carboxylic acids is 1. The molecule has 0 aliphatic heterocycles. The van der Waals surface area contributed by atoms with E-state index in [4.69, 9.17) is 0 Å². The lowest BCUT2D eigenvalue weighted by molar-refractivity contribution is -0.142. The molecule has 2 nitrogen and oxygen atoms in total. The summed E-state index contributed by atoms with van der Waals surface area (Å²) < 4.78 is 12.9. The fraction of sp³-hybridized carbons (Fsp3) is 0.278. The van der Waals surface area contributed by atoms with E-state index in [9.17, 15) is 14.3 Å². The van der Waals surface area contributed by atoms with Crippen molar-refractivity contribution in [2.24, 2.45) is 11.8 Å². The van der Waals surface area contributed by atoms with Gasteiger partial charge in [-0.05, 0) is 47.9 Å². The number of halogens is 1. The van der Waals surface area contributed by atoms with E-state index in [1.165, 1.54) is 17.7 Å². The summed E-state index contributed by atoms with van der Waals surface area (Å²) in [6, 6.07) is 16.2. The zero-order valence-corrected chi connectivity index (χ0v) is 11.6. The van der Waals surface area contributed by atoms with Gasteiger partial charge in [-0.3, -0.25) is 4.79 Å². The van der Waals surface area contributed by atoms with Crippen LogP contribution in [0.1, 0.15) is 23.5 Å². The van der Waals surface area contributed by atoms with Gasteiger partial charge in [-0.15, -0.1) is 0 Å². The van der Waals surface area contributed by atoms with E-state index < -0.39 is 11.9 Å². The molecule has 3 heteroatoms. The van der Waals surface area contributed by atoms with Gasteiger partial charge in [0.05, 0.1) is 5.92 Å². The highest BCUT2D eigenvalue weighted by molar-refractivity contribution is 5.71. The molecule has 0 radical (unpaired) electrons. The third-order valence-electron chi connectivity index (χ3n) is 4.27. The highest BCUT2D eigenvalue weighted by Gasteiger charge is 2.46. The number of hydrogen-bond acceptors (Lipinski definition) is 1. The minimum Gasteiger partial charge on any atom is -0.481 e. The average molecular weight is 284 g/mol. The van der Waals surface area contributed by atoms with Crippen molar-refractivity contribution in [1.82, 2.24) is 0 Å². The molecule has 3 atom stereocenters. The Morgan fingerprint density at radius 3 is 2.43 bits per heavy atom. The second kappa shape index (κ2) is 5.68. The summed E-state index contributed by atoms with van der Waals surface area (Å²) in [6.45, 7) is 0. The van der Waals surface area contributed by atoms with Crippen LogP contribution >= 0.6 is 0 Å². The summed E-state index contributed by atoms with van der Waals surface area (Å²) in [5, 5.41) is 9.49. The first-order chi connectivity index (χ1) is 10.1. The second-order valence-electron chi connectivity index (χ2n) is 5.69. The van der Waals surface area contributed by atoms with Crippen molar-refractivity contribution in [3.63, 3.8) is 0 Å². The van der Waals surface area contributed by atoms with E-state index in [1.807, 2.05) is 18.2 Å². The predicted octanol–water partition coefficient (Wildman–Crippen LogP) is 3.87. The highest BCUT2D eigenvalue weighted by Crippen LogP contribution is 2.52. The van der Waals surface area contributed by atoms with Crippen molar-refractivity contribution in [2.75, 3.05) is 0 Å². The summed E-state index contributed by atoms with van der Waals surface area (Å²) in [5.74, 6) is -0.940. The Balaban J connectivity index is 1.72. The fourth-order valence-electron chi connectivity index (χ4n) is 3.04. The van der Waals surface area contributed by atoms with Crippen molar-refractivity contribution in [2.45, 2.75) is 18.8 Å². The van der Waals surface area contributed by atoms with Gasteiger partial charge in [0.2, 0.25) is 0 Å². The Morgan fingerprint density at radius 1 is 1.14 bits per heavy atom. The molecule has 1 saturated carbocycles. The number of rotatable bonds is 5. The lowest BCUT2D eigenvalue weighted by Crippen LogP contribution is -2.19. The van der Waals surface area contributed by atoms with Crippen LogP contribution in [-0.4, -0.2) is 11.1 Å². The first-order valence-corrected chi connectivity index (χ1v) is 7.17. The van der Waals surface area contributed by atoms with Gasteiger partial charge in [-0.25, -0.2) is 4.39 Å². The van der Waals surface area contributed by atoms with E-state index >= 15 is 0 Å². The van der Waals surface area contributed by atoms with Crippen LogP contribution in [0.2, 0.25) is 0 Å². The lowest BCUT2D eigenvalue weighted by atomic mass is 9.92. The molecule has 1 N–H and O–H groups in total. The van der Waals surface area contributed by atoms with Crippen LogP contribution in [0.25, 0.3) is 0 Å². The van der Waals surface area contributed by atoms with Crippen molar-refractivity contribution in [3.8, 4) is 0 Å². The molecular weight excluding hydrogens is 267 g/mol. The fourth-order valence-corrected chi connectivity index (χ4v) is 3.04. The predicted molar refractivity (Wildman–Crippen MR) is 78.5 cm³/mol. The molecule has 3 rings (SSSR count). The molecule has 2 aromatic rings. The van der Waals surface area contributed by atoms with E-state index in [1.54, 1.807) is 12.1 Å². The van der Waals surface area contributed by atoms with Crippen molar-refractivity contribution >= 4 is 5.97 Å². The summed E-state index contributed by atoms with van der Waals surface area (Å²) in [5.41, 5.74) is 2.09. The maximum atomic E-state index is 12.9. The standard InChI is InChI=1S/C18H17FO2/c19-14-8-6-12(7-9-14)10-17(18(20)21)16-11-15(16)13-4-2-1-3-5-13/h1-9,15-17H,10-11H2,(H,20,21). The van der Waals surface area contributed by atoms with Crippen LogP contribution in [0, 0.1) is 17.7 Å².